The highest BCUT2D eigenvalue weighted by molar-refractivity contribution is 6.04. The molecule has 7 nitrogen and oxygen atoms in total. The normalized spacial score (nSPS) is 10.5. The van der Waals surface area contributed by atoms with Crippen LogP contribution in [-0.4, -0.2) is 23.0 Å². The fraction of sp³-hybridized carbons (Fsp3) is 0.148. The summed E-state index contributed by atoms with van der Waals surface area (Å²) in [7, 11) is 1.64. The SMILES string of the molecule is COc1ccc(Nc2cc(C)nc(Nc3ccc(NC(=O)c4ccc(C)c(C)c4)cc3)n2)cc1. The van der Waals surface area contributed by atoms with Gasteiger partial charge in [0.05, 0.1) is 7.11 Å². The molecule has 0 unspecified atom stereocenters. The topological polar surface area (TPSA) is 88.2 Å². The van der Waals surface area contributed by atoms with Crippen LogP contribution in [0.2, 0.25) is 0 Å². The third-order valence-corrected chi connectivity index (χ3v) is 5.38. The molecule has 34 heavy (non-hydrogen) atoms. The quantitative estimate of drug-likeness (QED) is 0.311. The molecule has 0 aliphatic rings. The van der Waals surface area contributed by atoms with Gasteiger partial charge in [-0.1, -0.05) is 6.07 Å². The van der Waals surface area contributed by atoms with Crippen LogP contribution in [0.25, 0.3) is 0 Å². The van der Waals surface area contributed by atoms with Gasteiger partial charge in [0, 0.05) is 34.4 Å². The van der Waals surface area contributed by atoms with Crippen molar-refractivity contribution in [3.05, 3.63) is 95.2 Å². The number of amides is 1. The third kappa shape index (κ3) is 5.69. The summed E-state index contributed by atoms with van der Waals surface area (Å²) in [5, 5.41) is 9.43. The number of aryl methyl sites for hydroxylation is 3. The van der Waals surface area contributed by atoms with Gasteiger partial charge in [-0.15, -0.1) is 0 Å². The molecule has 0 radical (unpaired) electrons. The van der Waals surface area contributed by atoms with Crippen molar-refractivity contribution < 1.29 is 9.53 Å². The molecule has 0 atom stereocenters. The molecule has 0 aliphatic heterocycles. The van der Waals surface area contributed by atoms with Crippen LogP contribution in [0.4, 0.5) is 28.8 Å². The summed E-state index contributed by atoms with van der Waals surface area (Å²) in [4.78, 5) is 21.6. The van der Waals surface area contributed by atoms with Crippen molar-refractivity contribution in [3.8, 4) is 5.75 Å². The first-order valence-electron chi connectivity index (χ1n) is 10.9. The average Bonchev–Trinajstić information content (AvgIpc) is 2.82. The molecule has 1 amide bonds. The number of nitrogens with one attached hydrogen (secondary N) is 3. The van der Waals surface area contributed by atoms with Crippen molar-refractivity contribution in [2.75, 3.05) is 23.1 Å². The van der Waals surface area contributed by atoms with Crippen LogP contribution in [0.1, 0.15) is 27.2 Å². The Morgan fingerprint density at radius 1 is 0.735 bits per heavy atom. The van der Waals surface area contributed by atoms with Gasteiger partial charge < -0.3 is 20.7 Å². The summed E-state index contributed by atoms with van der Waals surface area (Å²) in [6, 6.07) is 22.6. The predicted molar refractivity (Wildman–Crippen MR) is 137 cm³/mol. The number of rotatable bonds is 7. The second-order valence-electron chi connectivity index (χ2n) is 8.03. The molecule has 0 saturated carbocycles. The lowest BCUT2D eigenvalue weighted by Gasteiger charge is -2.11. The summed E-state index contributed by atoms with van der Waals surface area (Å²) >= 11 is 0. The average molecular weight is 454 g/mol. The number of carbonyl (C=O) groups excluding carboxylic acids is 1. The first-order valence-corrected chi connectivity index (χ1v) is 10.9. The standard InChI is InChI=1S/C27H27N5O2/c1-17-5-6-20(15-18(17)2)26(33)30-22-7-9-23(10-8-22)31-27-28-19(3)16-25(32-27)29-21-11-13-24(34-4)14-12-21/h5-16H,1-4H3,(H,30,33)(H2,28,29,31,32). The van der Waals surface area contributed by atoms with Crippen molar-refractivity contribution in [3.63, 3.8) is 0 Å². The Bertz CT molecular complexity index is 1300. The van der Waals surface area contributed by atoms with Crippen molar-refractivity contribution in [2.45, 2.75) is 20.8 Å². The molecule has 172 valence electrons. The van der Waals surface area contributed by atoms with E-state index in [2.05, 4.69) is 25.9 Å². The Hall–Kier alpha value is -4.39. The van der Waals surface area contributed by atoms with E-state index in [1.807, 2.05) is 93.6 Å². The number of carbonyl (C=O) groups is 1. The van der Waals surface area contributed by atoms with Gasteiger partial charge in [-0.05, 0) is 92.6 Å². The number of benzene rings is 3. The maximum atomic E-state index is 12.6. The van der Waals surface area contributed by atoms with Gasteiger partial charge in [0.1, 0.15) is 11.6 Å². The number of hydrogen-bond donors (Lipinski definition) is 3. The van der Waals surface area contributed by atoms with E-state index in [0.29, 0.717) is 23.0 Å². The van der Waals surface area contributed by atoms with Crippen LogP contribution < -0.4 is 20.7 Å². The van der Waals surface area contributed by atoms with Crippen LogP contribution in [0.15, 0.2) is 72.8 Å². The van der Waals surface area contributed by atoms with E-state index in [9.17, 15) is 4.79 Å². The Balaban J connectivity index is 1.42. The summed E-state index contributed by atoms with van der Waals surface area (Å²) < 4.78 is 5.20. The zero-order chi connectivity index (χ0) is 24.1. The predicted octanol–water partition coefficient (Wildman–Crippen LogP) is 6.15. The number of nitrogens with zero attached hydrogens (tertiary/aromatic N) is 2. The van der Waals surface area contributed by atoms with E-state index >= 15 is 0 Å². The van der Waals surface area contributed by atoms with Gasteiger partial charge in [-0.25, -0.2) is 4.98 Å². The summed E-state index contributed by atoms with van der Waals surface area (Å²) in [5.41, 5.74) is 6.12. The van der Waals surface area contributed by atoms with Crippen molar-refractivity contribution >= 4 is 34.7 Å². The van der Waals surface area contributed by atoms with Gasteiger partial charge in [0.15, 0.2) is 0 Å². The molecule has 1 aromatic heterocycles. The number of ether oxygens (including phenoxy) is 1. The summed E-state index contributed by atoms with van der Waals surface area (Å²) in [5.74, 6) is 1.81. The number of aromatic nitrogens is 2. The molecule has 4 aromatic rings. The molecule has 0 fully saturated rings. The molecule has 7 heteroatoms. The Kier molecular flexibility index (Phi) is 6.73. The van der Waals surface area contributed by atoms with Crippen molar-refractivity contribution in [2.24, 2.45) is 0 Å². The highest BCUT2D eigenvalue weighted by Crippen LogP contribution is 2.22. The second-order valence-corrected chi connectivity index (χ2v) is 8.03. The third-order valence-electron chi connectivity index (χ3n) is 5.38. The monoisotopic (exact) mass is 453 g/mol. The Morgan fingerprint density at radius 2 is 1.38 bits per heavy atom. The molecule has 0 spiro atoms. The molecule has 3 aromatic carbocycles. The van der Waals surface area contributed by atoms with Gasteiger partial charge in [-0.2, -0.15) is 4.98 Å². The van der Waals surface area contributed by atoms with Crippen LogP contribution >= 0.6 is 0 Å². The van der Waals surface area contributed by atoms with Crippen LogP contribution in [0.5, 0.6) is 5.75 Å². The van der Waals surface area contributed by atoms with Crippen LogP contribution in [0.3, 0.4) is 0 Å². The van der Waals surface area contributed by atoms with E-state index in [4.69, 9.17) is 4.74 Å². The van der Waals surface area contributed by atoms with E-state index in [1.54, 1.807) is 7.11 Å². The lowest BCUT2D eigenvalue weighted by molar-refractivity contribution is 0.102. The van der Waals surface area contributed by atoms with Gasteiger partial charge in [-0.3, -0.25) is 4.79 Å². The minimum absolute atomic E-state index is 0.139. The van der Waals surface area contributed by atoms with Crippen molar-refractivity contribution in [1.82, 2.24) is 9.97 Å². The number of anilines is 5. The lowest BCUT2D eigenvalue weighted by Crippen LogP contribution is -2.12. The fourth-order valence-corrected chi connectivity index (χ4v) is 3.36. The molecule has 0 aliphatic carbocycles. The Labute approximate surface area is 199 Å². The summed E-state index contributed by atoms with van der Waals surface area (Å²) in [6.45, 7) is 5.94. The van der Waals surface area contributed by atoms with Crippen molar-refractivity contribution in [1.29, 1.82) is 0 Å². The number of hydrogen-bond acceptors (Lipinski definition) is 6. The largest absolute Gasteiger partial charge is 0.497 e. The first kappa shape index (κ1) is 22.8. The first-order chi connectivity index (χ1) is 16.4. The molecule has 4 rings (SSSR count). The molecule has 0 bridgehead atoms. The second kappa shape index (κ2) is 10.0. The van der Waals surface area contributed by atoms with E-state index in [1.165, 1.54) is 0 Å². The van der Waals surface area contributed by atoms with Gasteiger partial charge in [0.2, 0.25) is 5.95 Å². The minimum Gasteiger partial charge on any atom is -0.497 e. The van der Waals surface area contributed by atoms with E-state index < -0.39 is 0 Å². The molecule has 3 N–H and O–H groups in total. The van der Waals surface area contributed by atoms with E-state index in [0.717, 1.165) is 33.9 Å². The maximum Gasteiger partial charge on any atom is 0.255 e. The molecule has 1 heterocycles. The fourth-order valence-electron chi connectivity index (χ4n) is 3.36. The Morgan fingerprint density at radius 3 is 2.06 bits per heavy atom. The van der Waals surface area contributed by atoms with Gasteiger partial charge in [0.25, 0.3) is 5.91 Å². The number of methoxy groups -OCH3 is 1. The highest BCUT2D eigenvalue weighted by atomic mass is 16.5. The zero-order valence-corrected chi connectivity index (χ0v) is 19.6. The van der Waals surface area contributed by atoms with Crippen LogP contribution in [0, 0.1) is 20.8 Å². The van der Waals surface area contributed by atoms with Gasteiger partial charge >= 0.3 is 0 Å². The lowest BCUT2D eigenvalue weighted by atomic mass is 10.1. The summed E-state index contributed by atoms with van der Waals surface area (Å²) in [6.07, 6.45) is 0. The van der Waals surface area contributed by atoms with E-state index in [-0.39, 0.29) is 5.91 Å². The minimum atomic E-state index is -0.139. The molecular formula is C27H27N5O2. The van der Waals surface area contributed by atoms with Crippen LogP contribution in [-0.2, 0) is 0 Å². The smallest absolute Gasteiger partial charge is 0.255 e. The maximum absolute atomic E-state index is 12.6. The zero-order valence-electron chi connectivity index (χ0n) is 19.6. The molecular weight excluding hydrogens is 426 g/mol. The highest BCUT2D eigenvalue weighted by Gasteiger charge is 2.08. The molecule has 0 saturated heterocycles.